The van der Waals surface area contributed by atoms with Crippen molar-refractivity contribution in [3.63, 3.8) is 0 Å². The molecule has 1 aliphatic heterocycles. The normalized spacial score (nSPS) is 21.1. The SMILES string of the molecule is CC(C)N1CCC(Nc2ccc(Br)cc2Br)C1. The van der Waals surface area contributed by atoms with Crippen LogP contribution in [0.1, 0.15) is 20.3 Å². The van der Waals surface area contributed by atoms with Crippen molar-refractivity contribution in [1.29, 1.82) is 0 Å². The second kappa shape index (κ2) is 5.72. The zero-order valence-corrected chi connectivity index (χ0v) is 13.4. The highest BCUT2D eigenvalue weighted by Crippen LogP contribution is 2.28. The van der Waals surface area contributed by atoms with Crippen LogP contribution in [0.4, 0.5) is 5.69 Å². The lowest BCUT2D eigenvalue weighted by Crippen LogP contribution is -2.31. The lowest BCUT2D eigenvalue weighted by molar-refractivity contribution is 0.274. The van der Waals surface area contributed by atoms with Gasteiger partial charge in [-0.3, -0.25) is 4.90 Å². The molecule has 1 aliphatic rings. The van der Waals surface area contributed by atoms with E-state index in [4.69, 9.17) is 0 Å². The van der Waals surface area contributed by atoms with Crippen LogP contribution in [0.2, 0.25) is 0 Å². The maximum atomic E-state index is 3.61. The van der Waals surface area contributed by atoms with Gasteiger partial charge in [0.15, 0.2) is 0 Å². The minimum absolute atomic E-state index is 0.565. The average Bonchev–Trinajstić information content (AvgIpc) is 2.71. The molecule has 4 heteroatoms. The van der Waals surface area contributed by atoms with Crippen molar-refractivity contribution in [2.24, 2.45) is 0 Å². The fraction of sp³-hybridized carbons (Fsp3) is 0.538. The lowest BCUT2D eigenvalue weighted by atomic mass is 10.2. The van der Waals surface area contributed by atoms with Gasteiger partial charge in [-0.05, 0) is 54.4 Å². The molecule has 1 unspecified atom stereocenters. The summed E-state index contributed by atoms with van der Waals surface area (Å²) < 4.78 is 2.22. The van der Waals surface area contributed by atoms with Gasteiger partial charge in [-0.2, -0.15) is 0 Å². The third kappa shape index (κ3) is 3.46. The van der Waals surface area contributed by atoms with Crippen LogP contribution in [-0.2, 0) is 0 Å². The first kappa shape index (κ1) is 13.4. The van der Waals surface area contributed by atoms with Gasteiger partial charge in [-0.25, -0.2) is 0 Å². The van der Waals surface area contributed by atoms with Crippen molar-refractivity contribution in [3.05, 3.63) is 27.1 Å². The number of likely N-dealkylation sites (tertiary alicyclic amines) is 1. The molecule has 1 fully saturated rings. The molecule has 0 bridgehead atoms. The van der Waals surface area contributed by atoms with E-state index in [0.717, 1.165) is 15.5 Å². The minimum atomic E-state index is 0.565. The third-order valence-corrected chi connectivity index (χ3v) is 4.39. The molecular formula is C13H18Br2N2. The molecule has 1 N–H and O–H groups in total. The number of rotatable bonds is 3. The fourth-order valence-electron chi connectivity index (χ4n) is 2.20. The van der Waals surface area contributed by atoms with E-state index in [2.05, 4.69) is 74.1 Å². The van der Waals surface area contributed by atoms with Gasteiger partial charge in [0.05, 0.1) is 0 Å². The summed E-state index contributed by atoms with van der Waals surface area (Å²) in [5.41, 5.74) is 1.18. The summed E-state index contributed by atoms with van der Waals surface area (Å²) in [6.45, 7) is 6.86. The van der Waals surface area contributed by atoms with Crippen molar-refractivity contribution in [3.8, 4) is 0 Å². The van der Waals surface area contributed by atoms with Crippen molar-refractivity contribution in [1.82, 2.24) is 4.90 Å². The molecule has 94 valence electrons. The van der Waals surface area contributed by atoms with Crippen LogP contribution in [0.15, 0.2) is 27.1 Å². The van der Waals surface area contributed by atoms with Gasteiger partial charge in [0.25, 0.3) is 0 Å². The second-order valence-electron chi connectivity index (χ2n) is 4.84. The molecule has 1 aromatic carbocycles. The Morgan fingerprint density at radius 3 is 2.71 bits per heavy atom. The maximum Gasteiger partial charge on any atom is 0.0488 e. The van der Waals surface area contributed by atoms with Crippen LogP contribution in [0.5, 0.6) is 0 Å². The summed E-state index contributed by atoms with van der Waals surface area (Å²) >= 11 is 7.06. The summed E-state index contributed by atoms with van der Waals surface area (Å²) in [6, 6.07) is 7.48. The average molecular weight is 362 g/mol. The molecule has 1 aromatic rings. The zero-order chi connectivity index (χ0) is 12.4. The Labute approximate surface area is 120 Å². The van der Waals surface area contributed by atoms with Crippen LogP contribution >= 0.6 is 31.9 Å². The van der Waals surface area contributed by atoms with Crippen molar-refractivity contribution >= 4 is 37.5 Å². The van der Waals surface area contributed by atoms with E-state index in [1.807, 2.05) is 0 Å². The fourth-order valence-corrected chi connectivity index (χ4v) is 3.36. The Balaban J connectivity index is 1.98. The Morgan fingerprint density at radius 1 is 1.35 bits per heavy atom. The summed E-state index contributed by atoms with van der Waals surface area (Å²) in [7, 11) is 0. The van der Waals surface area contributed by atoms with Gasteiger partial charge >= 0.3 is 0 Å². The summed E-state index contributed by atoms with van der Waals surface area (Å²) in [5.74, 6) is 0. The molecule has 1 atom stereocenters. The lowest BCUT2D eigenvalue weighted by Gasteiger charge is -2.21. The molecule has 0 spiro atoms. The van der Waals surface area contributed by atoms with Crippen molar-refractivity contribution in [2.75, 3.05) is 18.4 Å². The molecule has 0 aromatic heterocycles. The predicted octanol–water partition coefficient (Wildman–Crippen LogP) is 4.11. The van der Waals surface area contributed by atoms with Crippen LogP contribution in [0.25, 0.3) is 0 Å². The molecule has 2 rings (SSSR count). The summed E-state index contributed by atoms with van der Waals surface area (Å²) in [5, 5.41) is 3.61. The molecule has 2 nitrogen and oxygen atoms in total. The van der Waals surface area contributed by atoms with Crippen LogP contribution < -0.4 is 5.32 Å². The van der Waals surface area contributed by atoms with Crippen molar-refractivity contribution in [2.45, 2.75) is 32.4 Å². The van der Waals surface area contributed by atoms with Gasteiger partial charge in [0.2, 0.25) is 0 Å². The van der Waals surface area contributed by atoms with Gasteiger partial charge < -0.3 is 5.32 Å². The molecule has 0 amide bonds. The highest BCUT2D eigenvalue weighted by molar-refractivity contribution is 9.11. The predicted molar refractivity (Wildman–Crippen MR) is 80.6 cm³/mol. The molecule has 0 aliphatic carbocycles. The van der Waals surface area contributed by atoms with Gasteiger partial charge in [0, 0.05) is 39.8 Å². The zero-order valence-electron chi connectivity index (χ0n) is 10.2. The van der Waals surface area contributed by atoms with Crippen LogP contribution in [0, 0.1) is 0 Å². The monoisotopic (exact) mass is 360 g/mol. The standard InChI is InChI=1S/C13H18Br2N2/c1-9(2)17-6-5-11(8-17)16-13-4-3-10(14)7-12(13)15/h3-4,7,9,11,16H,5-6,8H2,1-2H3. The quantitative estimate of drug-likeness (QED) is 0.871. The van der Waals surface area contributed by atoms with E-state index in [-0.39, 0.29) is 0 Å². The Morgan fingerprint density at radius 2 is 2.12 bits per heavy atom. The van der Waals surface area contributed by atoms with Gasteiger partial charge in [-0.15, -0.1) is 0 Å². The van der Waals surface area contributed by atoms with Gasteiger partial charge in [-0.1, -0.05) is 15.9 Å². The first-order chi connectivity index (χ1) is 8.06. The Hall–Kier alpha value is -0.0600. The van der Waals surface area contributed by atoms with E-state index in [1.54, 1.807) is 0 Å². The number of halogens is 2. The van der Waals surface area contributed by atoms with E-state index in [1.165, 1.54) is 18.7 Å². The van der Waals surface area contributed by atoms with Gasteiger partial charge in [0.1, 0.15) is 0 Å². The maximum absolute atomic E-state index is 3.61. The highest BCUT2D eigenvalue weighted by Gasteiger charge is 2.24. The number of benzene rings is 1. The number of nitrogens with zero attached hydrogens (tertiary/aromatic N) is 1. The second-order valence-corrected chi connectivity index (χ2v) is 6.61. The van der Waals surface area contributed by atoms with E-state index >= 15 is 0 Å². The molecule has 1 saturated heterocycles. The topological polar surface area (TPSA) is 15.3 Å². The first-order valence-electron chi connectivity index (χ1n) is 6.02. The number of nitrogens with one attached hydrogen (secondary N) is 1. The van der Waals surface area contributed by atoms with E-state index < -0.39 is 0 Å². The van der Waals surface area contributed by atoms with E-state index in [0.29, 0.717) is 12.1 Å². The molecular weight excluding hydrogens is 344 g/mol. The number of anilines is 1. The molecule has 0 saturated carbocycles. The molecule has 17 heavy (non-hydrogen) atoms. The highest BCUT2D eigenvalue weighted by atomic mass is 79.9. The molecule has 1 heterocycles. The van der Waals surface area contributed by atoms with Crippen molar-refractivity contribution < 1.29 is 0 Å². The smallest absolute Gasteiger partial charge is 0.0488 e. The first-order valence-corrected chi connectivity index (χ1v) is 7.60. The summed E-state index contributed by atoms with van der Waals surface area (Å²) in [4.78, 5) is 2.52. The summed E-state index contributed by atoms with van der Waals surface area (Å²) in [6.07, 6.45) is 1.22. The number of hydrogen-bond acceptors (Lipinski definition) is 2. The minimum Gasteiger partial charge on any atom is -0.380 e. The van der Waals surface area contributed by atoms with Crippen LogP contribution in [-0.4, -0.2) is 30.1 Å². The Bertz CT molecular complexity index is 393. The third-order valence-electron chi connectivity index (χ3n) is 3.24. The molecule has 0 radical (unpaired) electrons. The van der Waals surface area contributed by atoms with E-state index in [9.17, 15) is 0 Å². The Kier molecular flexibility index (Phi) is 4.50. The number of hydrogen-bond donors (Lipinski definition) is 1. The van der Waals surface area contributed by atoms with Crippen LogP contribution in [0.3, 0.4) is 0 Å². The largest absolute Gasteiger partial charge is 0.380 e.